The second-order valence-corrected chi connectivity index (χ2v) is 5.30. The topological polar surface area (TPSA) is 59.6 Å². The number of hydrogen-bond acceptors (Lipinski definition) is 4. The Morgan fingerprint density at radius 3 is 3.15 bits per heavy atom. The predicted molar refractivity (Wildman–Crippen MR) is 76.0 cm³/mol. The van der Waals surface area contributed by atoms with Crippen LogP contribution in [0.15, 0.2) is 18.2 Å². The molecule has 3 rings (SSSR count). The quantitative estimate of drug-likeness (QED) is 0.881. The highest BCUT2D eigenvalue weighted by molar-refractivity contribution is 5.95. The molecule has 20 heavy (non-hydrogen) atoms. The lowest BCUT2D eigenvalue weighted by Crippen LogP contribution is -2.26. The van der Waals surface area contributed by atoms with Crippen molar-refractivity contribution in [2.24, 2.45) is 0 Å². The van der Waals surface area contributed by atoms with E-state index in [1.54, 1.807) is 0 Å². The highest BCUT2D eigenvalue weighted by Crippen LogP contribution is 2.32. The lowest BCUT2D eigenvalue weighted by atomic mass is 9.98. The third-order valence-electron chi connectivity index (χ3n) is 3.91. The van der Waals surface area contributed by atoms with Crippen molar-refractivity contribution in [1.29, 1.82) is 0 Å². The zero-order valence-electron chi connectivity index (χ0n) is 11.6. The van der Waals surface area contributed by atoms with Gasteiger partial charge in [0.1, 0.15) is 5.75 Å². The van der Waals surface area contributed by atoms with Gasteiger partial charge in [0.25, 0.3) is 5.91 Å². The molecule has 1 aromatic rings. The zero-order chi connectivity index (χ0) is 13.9. The molecule has 0 spiro atoms. The maximum absolute atomic E-state index is 11.4. The van der Waals surface area contributed by atoms with Gasteiger partial charge in [-0.15, -0.1) is 0 Å². The minimum atomic E-state index is -0.102. The Balaban J connectivity index is 1.77. The lowest BCUT2D eigenvalue weighted by Gasteiger charge is -2.23. The van der Waals surface area contributed by atoms with Gasteiger partial charge < -0.3 is 20.1 Å². The van der Waals surface area contributed by atoms with Gasteiger partial charge in [-0.3, -0.25) is 4.79 Å². The molecule has 2 unspecified atom stereocenters. The van der Waals surface area contributed by atoms with E-state index in [1.807, 2.05) is 25.2 Å². The Morgan fingerprint density at radius 2 is 2.40 bits per heavy atom. The summed E-state index contributed by atoms with van der Waals surface area (Å²) < 4.78 is 11.1. The molecule has 2 aliphatic heterocycles. The van der Waals surface area contributed by atoms with Crippen molar-refractivity contribution in [2.45, 2.75) is 31.4 Å². The number of fused-ring (bicyclic) bond motifs is 1. The first-order valence-electron chi connectivity index (χ1n) is 7.11. The standard InChI is InChI=1S/C15H20N2O3/c1-16-12(8-11-3-2-6-19-11)10-4-5-14-13(7-10)17-15(18)9-20-14/h4-5,7,11-12,16H,2-3,6,8-9H2,1H3,(H,17,18). The van der Waals surface area contributed by atoms with Gasteiger partial charge >= 0.3 is 0 Å². The Kier molecular flexibility index (Phi) is 3.89. The second kappa shape index (κ2) is 5.81. The van der Waals surface area contributed by atoms with Gasteiger partial charge in [0.2, 0.25) is 0 Å². The fraction of sp³-hybridized carbons (Fsp3) is 0.533. The van der Waals surface area contributed by atoms with E-state index in [0.29, 0.717) is 6.10 Å². The fourth-order valence-electron chi connectivity index (χ4n) is 2.83. The highest BCUT2D eigenvalue weighted by atomic mass is 16.5. The summed E-state index contributed by atoms with van der Waals surface area (Å²) in [6.07, 6.45) is 3.55. The van der Waals surface area contributed by atoms with Crippen molar-refractivity contribution in [3.63, 3.8) is 0 Å². The third kappa shape index (κ3) is 2.78. The van der Waals surface area contributed by atoms with Crippen LogP contribution in [0.1, 0.15) is 30.9 Å². The van der Waals surface area contributed by atoms with Gasteiger partial charge in [-0.2, -0.15) is 0 Å². The molecule has 0 saturated carbocycles. The van der Waals surface area contributed by atoms with Crippen LogP contribution in [-0.4, -0.2) is 32.3 Å². The SMILES string of the molecule is CNC(CC1CCCO1)c1ccc2c(c1)NC(=O)CO2. The third-order valence-corrected chi connectivity index (χ3v) is 3.91. The second-order valence-electron chi connectivity index (χ2n) is 5.30. The van der Waals surface area contributed by atoms with Crippen molar-refractivity contribution >= 4 is 11.6 Å². The van der Waals surface area contributed by atoms with Gasteiger partial charge in [0, 0.05) is 12.6 Å². The van der Waals surface area contributed by atoms with Gasteiger partial charge in [-0.1, -0.05) is 6.07 Å². The fourth-order valence-corrected chi connectivity index (χ4v) is 2.83. The van der Waals surface area contributed by atoms with E-state index in [2.05, 4.69) is 10.6 Å². The Bertz CT molecular complexity index is 498. The summed E-state index contributed by atoms with van der Waals surface area (Å²) >= 11 is 0. The number of carbonyl (C=O) groups excluding carboxylic acids is 1. The van der Waals surface area contributed by atoms with Crippen LogP contribution in [0.5, 0.6) is 5.75 Å². The molecule has 0 aliphatic carbocycles. The average Bonchev–Trinajstić information content (AvgIpc) is 2.97. The van der Waals surface area contributed by atoms with E-state index >= 15 is 0 Å². The largest absolute Gasteiger partial charge is 0.482 e. The summed E-state index contributed by atoms with van der Waals surface area (Å²) in [5, 5.41) is 6.18. The molecule has 0 aromatic heterocycles. The number of nitrogens with one attached hydrogen (secondary N) is 2. The maximum atomic E-state index is 11.4. The van der Waals surface area contributed by atoms with Crippen LogP contribution in [0.25, 0.3) is 0 Å². The maximum Gasteiger partial charge on any atom is 0.262 e. The number of ether oxygens (including phenoxy) is 2. The Labute approximate surface area is 118 Å². The molecule has 0 radical (unpaired) electrons. The summed E-state index contributed by atoms with van der Waals surface area (Å²) in [6.45, 7) is 0.965. The molecule has 5 nitrogen and oxygen atoms in total. The average molecular weight is 276 g/mol. The number of rotatable bonds is 4. The van der Waals surface area contributed by atoms with Gasteiger partial charge in [0.05, 0.1) is 11.8 Å². The minimum absolute atomic E-state index is 0.0950. The van der Waals surface area contributed by atoms with E-state index in [1.165, 1.54) is 0 Å². The smallest absolute Gasteiger partial charge is 0.262 e. The van der Waals surface area contributed by atoms with Gasteiger partial charge in [-0.25, -0.2) is 0 Å². The summed E-state index contributed by atoms with van der Waals surface area (Å²) in [5.74, 6) is 0.634. The molecule has 1 amide bonds. The van der Waals surface area contributed by atoms with E-state index in [9.17, 15) is 4.79 Å². The molecule has 2 N–H and O–H groups in total. The van der Waals surface area contributed by atoms with Gasteiger partial charge in [0.15, 0.2) is 6.61 Å². The van der Waals surface area contributed by atoms with E-state index in [0.717, 1.165) is 42.9 Å². The van der Waals surface area contributed by atoms with Crippen molar-refractivity contribution < 1.29 is 14.3 Å². The van der Waals surface area contributed by atoms with Crippen molar-refractivity contribution in [2.75, 3.05) is 25.6 Å². The molecule has 1 aromatic carbocycles. The molecule has 2 heterocycles. The van der Waals surface area contributed by atoms with Crippen LogP contribution in [-0.2, 0) is 9.53 Å². The number of hydrogen-bond donors (Lipinski definition) is 2. The van der Waals surface area contributed by atoms with Crippen LogP contribution >= 0.6 is 0 Å². The molecular formula is C15H20N2O3. The summed E-state index contributed by atoms with van der Waals surface area (Å²) in [5.41, 5.74) is 1.90. The van der Waals surface area contributed by atoms with Crippen LogP contribution in [0.3, 0.4) is 0 Å². The summed E-state index contributed by atoms with van der Waals surface area (Å²) in [4.78, 5) is 11.4. The number of amides is 1. The van der Waals surface area contributed by atoms with Crippen molar-refractivity contribution in [3.05, 3.63) is 23.8 Å². The Hall–Kier alpha value is -1.59. The molecule has 0 bridgehead atoms. The molecule has 108 valence electrons. The molecule has 2 aliphatic rings. The van der Waals surface area contributed by atoms with E-state index < -0.39 is 0 Å². The van der Waals surface area contributed by atoms with Crippen LogP contribution < -0.4 is 15.4 Å². The first kappa shape index (κ1) is 13.4. The molecular weight excluding hydrogens is 256 g/mol. The van der Waals surface area contributed by atoms with Crippen molar-refractivity contribution in [1.82, 2.24) is 5.32 Å². The van der Waals surface area contributed by atoms with Crippen LogP contribution in [0, 0.1) is 0 Å². The molecule has 1 saturated heterocycles. The monoisotopic (exact) mass is 276 g/mol. The first-order chi connectivity index (χ1) is 9.76. The first-order valence-corrected chi connectivity index (χ1v) is 7.11. The molecule has 1 fully saturated rings. The van der Waals surface area contributed by atoms with Crippen LogP contribution in [0.4, 0.5) is 5.69 Å². The van der Waals surface area contributed by atoms with Crippen molar-refractivity contribution in [3.8, 4) is 5.75 Å². The molecule has 5 heteroatoms. The number of carbonyl (C=O) groups is 1. The minimum Gasteiger partial charge on any atom is -0.482 e. The lowest BCUT2D eigenvalue weighted by molar-refractivity contribution is -0.118. The van der Waals surface area contributed by atoms with Crippen LogP contribution in [0.2, 0.25) is 0 Å². The van der Waals surface area contributed by atoms with Gasteiger partial charge in [-0.05, 0) is 44.0 Å². The normalized spacial score (nSPS) is 22.9. The Morgan fingerprint density at radius 1 is 1.50 bits per heavy atom. The summed E-state index contributed by atoms with van der Waals surface area (Å²) in [7, 11) is 1.95. The highest BCUT2D eigenvalue weighted by Gasteiger charge is 2.23. The molecule has 2 atom stereocenters. The van der Waals surface area contributed by atoms with E-state index in [4.69, 9.17) is 9.47 Å². The zero-order valence-corrected chi connectivity index (χ0v) is 11.6. The number of anilines is 1. The summed E-state index contributed by atoms with van der Waals surface area (Å²) in [6, 6.07) is 6.18. The number of benzene rings is 1. The van der Waals surface area contributed by atoms with E-state index in [-0.39, 0.29) is 18.6 Å². The predicted octanol–water partition coefficient (Wildman–Crippen LogP) is 1.85.